The topological polar surface area (TPSA) is 51.8 Å². The van der Waals surface area contributed by atoms with Crippen molar-refractivity contribution in [1.82, 2.24) is 9.97 Å². The molecule has 0 saturated heterocycles. The van der Waals surface area contributed by atoms with E-state index in [1.807, 2.05) is 0 Å². The molecule has 0 aliphatic rings. The fourth-order valence-electron chi connectivity index (χ4n) is 1.01. The van der Waals surface area contributed by atoms with Crippen molar-refractivity contribution in [3.63, 3.8) is 0 Å². The molecule has 1 heterocycles. The number of hydrogen-bond acceptors (Lipinski definition) is 3. The summed E-state index contributed by atoms with van der Waals surface area (Å²) in [6.07, 6.45) is 3.16. The molecule has 1 aromatic heterocycles. The maximum absolute atomic E-state index is 5.93. The van der Waals surface area contributed by atoms with Gasteiger partial charge in [0.25, 0.3) is 0 Å². The van der Waals surface area contributed by atoms with Gasteiger partial charge in [0.2, 0.25) is 5.95 Å². The van der Waals surface area contributed by atoms with Crippen LogP contribution in [-0.4, -0.2) is 9.97 Å². The highest BCUT2D eigenvalue weighted by Gasteiger charge is 2.08. The molecule has 0 bridgehead atoms. The van der Waals surface area contributed by atoms with E-state index in [1.54, 1.807) is 0 Å². The highest BCUT2D eigenvalue weighted by atomic mass is 127. The lowest BCUT2D eigenvalue weighted by Crippen LogP contribution is -2.02. The van der Waals surface area contributed by atoms with Crippen LogP contribution < -0.4 is 5.73 Å². The van der Waals surface area contributed by atoms with E-state index in [4.69, 9.17) is 17.3 Å². The fraction of sp³-hybridized carbons (Fsp3) is 0.500. The van der Waals surface area contributed by atoms with E-state index in [0.29, 0.717) is 5.15 Å². The molecule has 1 aromatic rings. The number of nitrogens with zero attached hydrogens (tertiary/aromatic N) is 2. The van der Waals surface area contributed by atoms with E-state index in [-0.39, 0.29) is 5.95 Å². The van der Waals surface area contributed by atoms with Crippen LogP contribution in [0.2, 0.25) is 5.15 Å². The molecule has 72 valence electrons. The Bertz CT molecular complexity index is 280. The van der Waals surface area contributed by atoms with E-state index in [2.05, 4.69) is 39.5 Å². The van der Waals surface area contributed by atoms with E-state index in [0.717, 1.165) is 28.5 Å². The number of hydrogen-bond donors (Lipinski definition) is 1. The van der Waals surface area contributed by atoms with Crippen LogP contribution in [0.3, 0.4) is 0 Å². The molecule has 0 unspecified atom stereocenters. The van der Waals surface area contributed by atoms with Gasteiger partial charge in [-0.05, 0) is 35.4 Å². The molecular formula is C8H11ClIN3. The van der Waals surface area contributed by atoms with Crippen molar-refractivity contribution < 1.29 is 0 Å². The number of nitrogens with two attached hydrogens (primary N) is 1. The van der Waals surface area contributed by atoms with Crippen molar-refractivity contribution in [2.45, 2.75) is 26.2 Å². The summed E-state index contributed by atoms with van der Waals surface area (Å²) < 4.78 is 0.864. The first-order valence-corrected chi connectivity index (χ1v) is 5.58. The van der Waals surface area contributed by atoms with Gasteiger partial charge in [-0.3, -0.25) is 0 Å². The third kappa shape index (κ3) is 2.95. The average Bonchev–Trinajstić information content (AvgIpc) is 2.02. The zero-order valence-corrected chi connectivity index (χ0v) is 10.3. The van der Waals surface area contributed by atoms with E-state index >= 15 is 0 Å². The van der Waals surface area contributed by atoms with Gasteiger partial charge in [0, 0.05) is 5.56 Å². The van der Waals surface area contributed by atoms with E-state index in [9.17, 15) is 0 Å². The highest BCUT2D eigenvalue weighted by Crippen LogP contribution is 2.21. The monoisotopic (exact) mass is 311 g/mol. The van der Waals surface area contributed by atoms with Crippen molar-refractivity contribution in [2.75, 3.05) is 5.73 Å². The summed E-state index contributed by atoms with van der Waals surface area (Å²) in [6, 6.07) is 0. The summed E-state index contributed by atoms with van der Waals surface area (Å²) in [7, 11) is 0. The van der Waals surface area contributed by atoms with Crippen molar-refractivity contribution in [2.24, 2.45) is 0 Å². The Kier molecular flexibility index (Phi) is 4.18. The van der Waals surface area contributed by atoms with Crippen molar-refractivity contribution in [3.8, 4) is 0 Å². The number of anilines is 1. The Labute approximate surface area is 96.2 Å². The van der Waals surface area contributed by atoms with Gasteiger partial charge in [-0.1, -0.05) is 24.9 Å². The minimum absolute atomic E-state index is 0.245. The Balaban J connectivity index is 2.92. The first-order valence-electron chi connectivity index (χ1n) is 4.12. The van der Waals surface area contributed by atoms with Crippen LogP contribution in [0.15, 0.2) is 0 Å². The molecule has 0 aromatic carbocycles. The molecule has 0 aliphatic carbocycles. The lowest BCUT2D eigenvalue weighted by Gasteiger charge is -2.05. The quantitative estimate of drug-likeness (QED) is 0.690. The Hall–Kier alpha value is -0.100. The minimum Gasteiger partial charge on any atom is -0.368 e. The molecule has 0 aliphatic heterocycles. The zero-order chi connectivity index (χ0) is 9.84. The van der Waals surface area contributed by atoms with Crippen LogP contribution in [0.25, 0.3) is 0 Å². The molecule has 5 heteroatoms. The van der Waals surface area contributed by atoms with Crippen LogP contribution in [-0.2, 0) is 6.42 Å². The molecule has 0 atom stereocenters. The lowest BCUT2D eigenvalue weighted by atomic mass is 10.1. The second kappa shape index (κ2) is 4.95. The van der Waals surface area contributed by atoms with Crippen LogP contribution in [0.5, 0.6) is 0 Å². The number of aromatic nitrogens is 2. The maximum atomic E-state index is 5.93. The molecule has 2 N–H and O–H groups in total. The fourth-order valence-corrected chi connectivity index (χ4v) is 2.21. The van der Waals surface area contributed by atoms with E-state index in [1.165, 1.54) is 0 Å². The first kappa shape index (κ1) is 11.0. The van der Waals surface area contributed by atoms with Gasteiger partial charge in [-0.15, -0.1) is 0 Å². The van der Waals surface area contributed by atoms with Gasteiger partial charge in [-0.25, -0.2) is 9.97 Å². The molecule has 13 heavy (non-hydrogen) atoms. The zero-order valence-electron chi connectivity index (χ0n) is 7.35. The molecule has 0 saturated carbocycles. The summed E-state index contributed by atoms with van der Waals surface area (Å²) in [6.45, 7) is 2.14. The number of nitrogen functional groups attached to an aromatic ring is 1. The van der Waals surface area contributed by atoms with Crippen molar-refractivity contribution in [1.29, 1.82) is 0 Å². The Morgan fingerprint density at radius 1 is 1.46 bits per heavy atom. The van der Waals surface area contributed by atoms with Gasteiger partial charge in [0.05, 0.1) is 0 Å². The van der Waals surface area contributed by atoms with Crippen LogP contribution in [0, 0.1) is 3.70 Å². The summed E-state index contributed by atoms with van der Waals surface area (Å²) in [5, 5.41) is 0.491. The molecule has 0 radical (unpaired) electrons. The van der Waals surface area contributed by atoms with Gasteiger partial charge < -0.3 is 5.73 Å². The highest BCUT2D eigenvalue weighted by molar-refractivity contribution is 14.1. The van der Waals surface area contributed by atoms with Crippen LogP contribution in [0.4, 0.5) is 5.95 Å². The largest absolute Gasteiger partial charge is 0.368 e. The predicted octanol–water partition coefficient (Wildman–Crippen LogP) is 2.66. The molecule has 3 nitrogen and oxygen atoms in total. The summed E-state index contributed by atoms with van der Waals surface area (Å²) in [5.74, 6) is 0.245. The molecular weight excluding hydrogens is 300 g/mol. The van der Waals surface area contributed by atoms with Crippen LogP contribution >= 0.6 is 34.2 Å². The Morgan fingerprint density at radius 3 is 2.69 bits per heavy atom. The molecule has 0 amide bonds. The maximum Gasteiger partial charge on any atom is 0.222 e. The summed E-state index contributed by atoms with van der Waals surface area (Å²) >= 11 is 8.07. The molecule has 0 fully saturated rings. The average molecular weight is 312 g/mol. The van der Waals surface area contributed by atoms with E-state index < -0.39 is 0 Å². The number of halogens is 2. The predicted molar refractivity (Wildman–Crippen MR) is 62.8 cm³/mol. The smallest absolute Gasteiger partial charge is 0.222 e. The SMILES string of the molecule is CCCCc1c(Cl)nc(N)nc1I. The lowest BCUT2D eigenvalue weighted by molar-refractivity contribution is 0.784. The van der Waals surface area contributed by atoms with Gasteiger partial charge in [0.1, 0.15) is 8.85 Å². The third-order valence-electron chi connectivity index (χ3n) is 1.70. The molecule has 0 spiro atoms. The Morgan fingerprint density at radius 2 is 2.15 bits per heavy atom. The van der Waals surface area contributed by atoms with Crippen molar-refractivity contribution in [3.05, 3.63) is 14.4 Å². The first-order chi connectivity index (χ1) is 6.15. The second-order valence-electron chi connectivity index (χ2n) is 2.75. The normalized spacial score (nSPS) is 10.4. The number of rotatable bonds is 3. The van der Waals surface area contributed by atoms with Gasteiger partial charge in [0.15, 0.2) is 0 Å². The summed E-state index contributed by atoms with van der Waals surface area (Å²) in [4.78, 5) is 7.97. The molecule has 1 rings (SSSR count). The van der Waals surface area contributed by atoms with Crippen LogP contribution in [0.1, 0.15) is 25.3 Å². The summed E-state index contributed by atoms with van der Waals surface area (Å²) in [5.41, 5.74) is 6.46. The standard InChI is InChI=1S/C8H11ClIN3/c1-2-3-4-5-6(9)12-8(11)13-7(5)10/h2-4H2,1H3,(H2,11,12,13). The third-order valence-corrected chi connectivity index (χ3v) is 2.91. The van der Waals surface area contributed by atoms with Gasteiger partial charge >= 0.3 is 0 Å². The van der Waals surface area contributed by atoms with Crippen molar-refractivity contribution >= 4 is 40.1 Å². The second-order valence-corrected chi connectivity index (χ2v) is 4.13. The number of unbranched alkanes of at least 4 members (excludes halogenated alkanes) is 1. The van der Waals surface area contributed by atoms with Gasteiger partial charge in [-0.2, -0.15) is 0 Å². The minimum atomic E-state index is 0.245.